The Labute approximate surface area is 143 Å². The molecule has 0 atom stereocenters. The summed E-state index contributed by atoms with van der Waals surface area (Å²) in [5.74, 6) is 0. The molecule has 2 N–H and O–H groups in total. The van der Waals surface area contributed by atoms with Crippen LogP contribution >= 0.6 is 0 Å². The molecule has 0 aliphatic rings. The van der Waals surface area contributed by atoms with E-state index in [0.717, 1.165) is 21.9 Å². The monoisotopic (exact) mass is 300 g/mol. The molecule has 110 valence electrons. The lowest BCUT2D eigenvalue weighted by atomic mass is 9.95. The first-order valence-electron chi connectivity index (χ1n) is 9.84. The van der Waals surface area contributed by atoms with Gasteiger partial charge in [0.05, 0.1) is 6.85 Å². The third-order valence-electron chi connectivity index (χ3n) is 3.89. The molecule has 0 radical (unpaired) electrons. The van der Waals surface area contributed by atoms with Gasteiger partial charge in [-0.2, -0.15) is 0 Å². The molecule has 0 fully saturated rings. The van der Waals surface area contributed by atoms with Gasteiger partial charge in [0.2, 0.25) is 0 Å². The standard InChI is InChI=1S/C22H17N/c23-20-12-9-16(10-13-20)18-11-14-22-19(15-18)7-4-8-21(22)17-5-2-1-3-6-17/h1-15H,23H2/i1D,2D,3D,5D,6D. The highest BCUT2D eigenvalue weighted by Crippen LogP contribution is 2.31. The van der Waals surface area contributed by atoms with Crippen LogP contribution in [-0.4, -0.2) is 0 Å². The molecule has 0 aliphatic carbocycles. The Hall–Kier alpha value is -3.06. The van der Waals surface area contributed by atoms with Gasteiger partial charge in [-0.15, -0.1) is 0 Å². The third kappa shape index (κ3) is 2.58. The minimum absolute atomic E-state index is 0.193. The molecule has 4 rings (SSSR count). The van der Waals surface area contributed by atoms with Crippen LogP contribution in [0, 0.1) is 0 Å². The zero-order chi connectivity index (χ0) is 20.0. The third-order valence-corrected chi connectivity index (χ3v) is 3.89. The molecule has 0 aliphatic heterocycles. The zero-order valence-electron chi connectivity index (χ0n) is 17.4. The SMILES string of the molecule is [2H]c1c([2H])c([2H])c(-c2cccc3cc(-c4ccc(N)cc4)ccc23)c([2H])c1[2H]. The molecule has 23 heavy (non-hydrogen) atoms. The Morgan fingerprint density at radius 3 is 2.22 bits per heavy atom. The number of anilines is 1. The van der Waals surface area contributed by atoms with Gasteiger partial charge in [0.15, 0.2) is 0 Å². The fraction of sp³-hybridized carbons (Fsp3) is 0. The summed E-state index contributed by atoms with van der Waals surface area (Å²) in [5, 5.41) is 1.76. The average Bonchev–Trinajstić information content (AvgIpc) is 2.71. The highest BCUT2D eigenvalue weighted by Gasteiger charge is 2.05. The van der Waals surface area contributed by atoms with E-state index in [1.54, 1.807) is 6.07 Å². The van der Waals surface area contributed by atoms with Crippen molar-refractivity contribution in [3.8, 4) is 22.3 Å². The summed E-state index contributed by atoms with van der Waals surface area (Å²) < 4.78 is 40.2. The van der Waals surface area contributed by atoms with Crippen LogP contribution in [-0.2, 0) is 0 Å². The van der Waals surface area contributed by atoms with E-state index in [2.05, 4.69) is 0 Å². The molecule has 0 saturated heterocycles. The number of benzene rings is 4. The van der Waals surface area contributed by atoms with Crippen LogP contribution in [0.1, 0.15) is 6.85 Å². The molecule has 0 heterocycles. The molecule has 0 aromatic heterocycles. The number of nitrogen functional groups attached to an aromatic ring is 1. The summed E-state index contributed by atoms with van der Waals surface area (Å²) >= 11 is 0. The molecule has 1 nitrogen and oxygen atoms in total. The lowest BCUT2D eigenvalue weighted by molar-refractivity contribution is 1.62. The Bertz CT molecular complexity index is 1190. The predicted octanol–water partition coefficient (Wildman–Crippen LogP) is 5.76. The van der Waals surface area contributed by atoms with Crippen molar-refractivity contribution in [1.29, 1.82) is 0 Å². The first-order valence-corrected chi connectivity index (χ1v) is 7.34. The molecule has 4 aromatic rings. The van der Waals surface area contributed by atoms with E-state index < -0.39 is 0 Å². The van der Waals surface area contributed by atoms with Crippen molar-refractivity contribution in [3.05, 3.63) is 90.9 Å². The second-order valence-electron chi connectivity index (χ2n) is 5.36. The quantitative estimate of drug-likeness (QED) is 0.468. The van der Waals surface area contributed by atoms with Gasteiger partial charge in [-0.25, -0.2) is 0 Å². The van der Waals surface area contributed by atoms with Crippen molar-refractivity contribution in [2.24, 2.45) is 0 Å². The molecule has 0 unspecified atom stereocenters. The summed E-state index contributed by atoms with van der Waals surface area (Å²) in [7, 11) is 0. The highest BCUT2D eigenvalue weighted by atomic mass is 14.5. The molecule has 4 aromatic carbocycles. The van der Waals surface area contributed by atoms with Gasteiger partial charge in [-0.3, -0.25) is 0 Å². The number of fused-ring (bicyclic) bond motifs is 1. The molecule has 0 amide bonds. The second kappa shape index (κ2) is 5.62. The van der Waals surface area contributed by atoms with Crippen molar-refractivity contribution in [1.82, 2.24) is 0 Å². The Morgan fingerprint density at radius 1 is 0.696 bits per heavy atom. The first kappa shape index (κ1) is 9.16. The van der Waals surface area contributed by atoms with E-state index in [1.165, 1.54) is 0 Å². The Morgan fingerprint density at radius 2 is 1.43 bits per heavy atom. The van der Waals surface area contributed by atoms with Crippen molar-refractivity contribution >= 4 is 16.5 Å². The summed E-state index contributed by atoms with van der Waals surface area (Å²) in [6.07, 6.45) is 0. The summed E-state index contributed by atoms with van der Waals surface area (Å²) in [4.78, 5) is 0. The summed E-state index contributed by atoms with van der Waals surface area (Å²) in [5.41, 5.74) is 9.36. The number of nitrogens with two attached hydrogens (primary N) is 1. The largest absolute Gasteiger partial charge is 0.399 e. The van der Waals surface area contributed by atoms with Crippen LogP contribution in [0.3, 0.4) is 0 Å². The highest BCUT2D eigenvalue weighted by molar-refractivity contribution is 5.98. The zero-order valence-corrected chi connectivity index (χ0v) is 12.4. The maximum atomic E-state index is 8.26. The molecule has 0 saturated carbocycles. The fourth-order valence-electron chi connectivity index (χ4n) is 2.74. The minimum atomic E-state index is -0.385. The Kier molecular flexibility index (Phi) is 2.24. The minimum Gasteiger partial charge on any atom is -0.399 e. The number of hydrogen-bond donors (Lipinski definition) is 1. The molecule has 0 spiro atoms. The van der Waals surface area contributed by atoms with Crippen LogP contribution in [0.5, 0.6) is 0 Å². The van der Waals surface area contributed by atoms with Crippen molar-refractivity contribution in [2.75, 3.05) is 5.73 Å². The van der Waals surface area contributed by atoms with Gasteiger partial charge in [0.25, 0.3) is 0 Å². The lowest BCUT2D eigenvalue weighted by Crippen LogP contribution is -1.85. The van der Waals surface area contributed by atoms with E-state index in [9.17, 15) is 0 Å². The van der Waals surface area contributed by atoms with E-state index in [1.807, 2.05) is 54.6 Å². The Balaban J connectivity index is 1.95. The van der Waals surface area contributed by atoms with Gasteiger partial charge in [0, 0.05) is 5.69 Å². The van der Waals surface area contributed by atoms with Crippen LogP contribution < -0.4 is 5.73 Å². The van der Waals surface area contributed by atoms with Crippen molar-refractivity contribution in [3.63, 3.8) is 0 Å². The second-order valence-corrected chi connectivity index (χ2v) is 5.36. The van der Waals surface area contributed by atoms with E-state index in [0.29, 0.717) is 11.3 Å². The van der Waals surface area contributed by atoms with Crippen LogP contribution in [0.4, 0.5) is 5.69 Å². The van der Waals surface area contributed by atoms with E-state index >= 15 is 0 Å². The average molecular weight is 300 g/mol. The number of rotatable bonds is 2. The van der Waals surface area contributed by atoms with Gasteiger partial charge in [0.1, 0.15) is 0 Å². The lowest BCUT2D eigenvalue weighted by Gasteiger charge is -2.09. The van der Waals surface area contributed by atoms with Gasteiger partial charge < -0.3 is 5.73 Å². The van der Waals surface area contributed by atoms with Gasteiger partial charge >= 0.3 is 0 Å². The predicted molar refractivity (Wildman–Crippen MR) is 99.2 cm³/mol. The molecule has 1 heteroatoms. The van der Waals surface area contributed by atoms with Crippen molar-refractivity contribution < 1.29 is 6.85 Å². The molecular formula is C22H17N. The first-order chi connectivity index (χ1) is 13.4. The number of hydrogen-bond acceptors (Lipinski definition) is 1. The maximum absolute atomic E-state index is 8.26. The molecular weight excluding hydrogens is 278 g/mol. The van der Waals surface area contributed by atoms with E-state index in [-0.39, 0.29) is 35.8 Å². The summed E-state index contributed by atoms with van der Waals surface area (Å²) in [6.45, 7) is 0. The van der Waals surface area contributed by atoms with E-state index in [4.69, 9.17) is 12.6 Å². The maximum Gasteiger partial charge on any atom is 0.0629 e. The van der Waals surface area contributed by atoms with Gasteiger partial charge in [-0.1, -0.05) is 72.7 Å². The van der Waals surface area contributed by atoms with Crippen LogP contribution in [0.25, 0.3) is 33.0 Å². The fourth-order valence-corrected chi connectivity index (χ4v) is 2.74. The smallest absolute Gasteiger partial charge is 0.0629 e. The van der Waals surface area contributed by atoms with Crippen LogP contribution in [0.2, 0.25) is 0 Å². The summed E-state index contributed by atoms with van der Waals surface area (Å²) in [6, 6.07) is 17.7. The molecule has 0 bridgehead atoms. The topological polar surface area (TPSA) is 26.0 Å². The van der Waals surface area contributed by atoms with Crippen molar-refractivity contribution in [2.45, 2.75) is 0 Å². The normalized spacial score (nSPS) is 13.8. The van der Waals surface area contributed by atoms with Crippen LogP contribution in [0.15, 0.2) is 90.9 Å². The van der Waals surface area contributed by atoms with Gasteiger partial charge in [-0.05, 0) is 51.2 Å².